The molecule has 0 bridgehead atoms. The number of benzene rings is 5. The lowest BCUT2D eigenvalue weighted by molar-refractivity contribution is 0.150. The first-order chi connectivity index (χ1) is 22.4. The van der Waals surface area contributed by atoms with Crippen molar-refractivity contribution in [2.45, 2.75) is 19.4 Å². The minimum atomic E-state index is -0.0621. The molecule has 5 aromatic rings. The molecule has 46 heavy (non-hydrogen) atoms. The molecule has 0 atom stereocenters. The summed E-state index contributed by atoms with van der Waals surface area (Å²) in [5, 5.41) is 0. The Morgan fingerprint density at radius 1 is 0.630 bits per heavy atom. The first-order valence-corrected chi connectivity index (χ1v) is 16.1. The second-order valence-corrected chi connectivity index (χ2v) is 13.4. The van der Waals surface area contributed by atoms with Gasteiger partial charge in [-0.2, -0.15) is 0 Å². The zero-order chi connectivity index (χ0) is 31.2. The Labute approximate surface area is 271 Å². The molecule has 9 rings (SSSR count). The summed E-state index contributed by atoms with van der Waals surface area (Å²) in [6.45, 7) is 6.28. The van der Waals surface area contributed by atoms with Gasteiger partial charge in [0, 0.05) is 59.1 Å². The van der Waals surface area contributed by atoms with Crippen LogP contribution in [0.3, 0.4) is 0 Å². The van der Waals surface area contributed by atoms with Crippen LogP contribution in [-0.2, 0) is 5.54 Å². The Morgan fingerprint density at radius 3 is 2.22 bits per heavy atom. The van der Waals surface area contributed by atoms with Crippen LogP contribution in [0.1, 0.15) is 19.4 Å². The molecule has 6 nitrogen and oxygen atoms in total. The van der Waals surface area contributed by atoms with Gasteiger partial charge in [-0.3, -0.25) is 4.90 Å². The summed E-state index contributed by atoms with van der Waals surface area (Å²) in [6.07, 6.45) is 4.28. The van der Waals surface area contributed by atoms with Gasteiger partial charge in [0.05, 0.1) is 13.3 Å². The smallest absolute Gasteiger partial charge is 0.256 e. The normalized spacial score (nSPS) is 17.3. The molecule has 4 heterocycles. The quantitative estimate of drug-likeness (QED) is 0.213. The fourth-order valence-electron chi connectivity index (χ4n) is 7.68. The van der Waals surface area contributed by atoms with E-state index >= 15 is 0 Å². The molecule has 4 aliphatic rings. The van der Waals surface area contributed by atoms with Gasteiger partial charge in [0.1, 0.15) is 11.5 Å². The van der Waals surface area contributed by atoms with Gasteiger partial charge in [0.2, 0.25) is 0 Å². The zero-order valence-electron chi connectivity index (χ0n) is 26.7. The van der Waals surface area contributed by atoms with E-state index < -0.39 is 0 Å². The van der Waals surface area contributed by atoms with Crippen molar-refractivity contribution in [2.75, 3.05) is 42.1 Å². The summed E-state index contributed by atoms with van der Waals surface area (Å²) in [6, 6.07) is 39.8. The average molecular weight is 602 g/mol. The second-order valence-electron chi connectivity index (χ2n) is 13.4. The molecule has 0 saturated heterocycles. The van der Waals surface area contributed by atoms with Crippen LogP contribution in [0.4, 0.5) is 34.1 Å². The van der Waals surface area contributed by atoms with Gasteiger partial charge < -0.3 is 24.3 Å². The number of hydrogen-bond acceptors (Lipinski definition) is 6. The molecule has 226 valence electrons. The molecule has 0 spiro atoms. The van der Waals surface area contributed by atoms with Crippen LogP contribution in [0, 0.1) is 0 Å². The van der Waals surface area contributed by atoms with E-state index in [0.717, 1.165) is 36.2 Å². The highest BCUT2D eigenvalue weighted by molar-refractivity contribution is 6.99. The van der Waals surface area contributed by atoms with Crippen molar-refractivity contribution >= 4 is 57.2 Å². The number of ether oxygens (including phenoxy) is 1. The predicted molar refractivity (Wildman–Crippen MR) is 191 cm³/mol. The van der Waals surface area contributed by atoms with Gasteiger partial charge in [-0.15, -0.1) is 0 Å². The molecule has 0 N–H and O–H groups in total. The number of nitrogens with zero attached hydrogens (tertiary/aromatic N) is 5. The number of para-hydroxylation sites is 2. The van der Waals surface area contributed by atoms with Crippen molar-refractivity contribution in [2.24, 2.45) is 0 Å². The first-order valence-electron chi connectivity index (χ1n) is 16.1. The summed E-state index contributed by atoms with van der Waals surface area (Å²) in [7, 11) is 4.33. The molecule has 0 saturated carbocycles. The Morgan fingerprint density at radius 2 is 1.39 bits per heavy atom. The van der Waals surface area contributed by atoms with Crippen molar-refractivity contribution in [1.29, 1.82) is 0 Å². The van der Waals surface area contributed by atoms with E-state index in [2.05, 4.69) is 174 Å². The Hall–Kier alpha value is -5.14. The van der Waals surface area contributed by atoms with E-state index in [-0.39, 0.29) is 12.3 Å². The van der Waals surface area contributed by atoms with E-state index in [1.807, 2.05) is 0 Å². The molecule has 0 unspecified atom stereocenters. The van der Waals surface area contributed by atoms with Crippen molar-refractivity contribution in [3.63, 3.8) is 0 Å². The van der Waals surface area contributed by atoms with Crippen molar-refractivity contribution in [3.05, 3.63) is 127 Å². The van der Waals surface area contributed by atoms with E-state index in [1.165, 1.54) is 44.7 Å². The number of rotatable bonds is 3. The van der Waals surface area contributed by atoms with Crippen molar-refractivity contribution in [1.82, 2.24) is 9.80 Å². The molecule has 4 aliphatic heterocycles. The van der Waals surface area contributed by atoms with Crippen LogP contribution in [0.5, 0.6) is 11.5 Å². The van der Waals surface area contributed by atoms with Crippen LogP contribution >= 0.6 is 0 Å². The monoisotopic (exact) mass is 601 g/mol. The largest absolute Gasteiger partial charge is 0.458 e. The SMILES string of the molecule is CN1C=CN(c2ccc3c(c2)B2c4cc(N5CN(C)C(C)(C)c6ccccc65)ccc4N(c4ccccc4)c4cccc(c42)O3)C1. The first kappa shape index (κ1) is 27.2. The van der Waals surface area contributed by atoms with Gasteiger partial charge in [0.15, 0.2) is 0 Å². The Bertz CT molecular complexity index is 2040. The Kier molecular flexibility index (Phi) is 5.87. The van der Waals surface area contributed by atoms with E-state index in [9.17, 15) is 0 Å². The fraction of sp³-hybridized carbons (Fsp3) is 0.179. The van der Waals surface area contributed by atoms with Crippen LogP contribution in [0.25, 0.3) is 0 Å². The van der Waals surface area contributed by atoms with E-state index in [1.54, 1.807) is 0 Å². The van der Waals surface area contributed by atoms with Crippen LogP contribution in [0.15, 0.2) is 122 Å². The maximum atomic E-state index is 6.70. The highest BCUT2D eigenvalue weighted by atomic mass is 16.5. The fourth-order valence-corrected chi connectivity index (χ4v) is 7.68. The third-order valence-electron chi connectivity index (χ3n) is 10.4. The van der Waals surface area contributed by atoms with Crippen LogP contribution in [-0.4, -0.2) is 43.9 Å². The van der Waals surface area contributed by atoms with Crippen molar-refractivity contribution in [3.8, 4) is 11.5 Å². The lowest BCUT2D eigenvalue weighted by Crippen LogP contribution is -2.59. The van der Waals surface area contributed by atoms with Gasteiger partial charge >= 0.3 is 0 Å². The molecule has 5 aromatic carbocycles. The molecule has 0 fully saturated rings. The lowest BCUT2D eigenvalue weighted by Gasteiger charge is -2.47. The molecule has 0 radical (unpaired) electrons. The molecule has 0 amide bonds. The predicted octanol–water partition coefficient (Wildman–Crippen LogP) is 6.55. The molecular weight excluding hydrogens is 565 g/mol. The topological polar surface area (TPSA) is 25.4 Å². The Balaban J connectivity index is 1.27. The highest BCUT2D eigenvalue weighted by Crippen LogP contribution is 2.45. The maximum absolute atomic E-state index is 6.70. The minimum absolute atomic E-state index is 0.0170. The molecule has 0 aliphatic carbocycles. The van der Waals surface area contributed by atoms with Gasteiger partial charge in [-0.25, -0.2) is 0 Å². The molecular formula is C39H36BN5O. The highest BCUT2D eigenvalue weighted by Gasteiger charge is 2.43. The second kappa shape index (κ2) is 9.93. The maximum Gasteiger partial charge on any atom is 0.256 e. The number of anilines is 6. The van der Waals surface area contributed by atoms with E-state index in [4.69, 9.17) is 4.74 Å². The summed E-state index contributed by atoms with van der Waals surface area (Å²) >= 11 is 0. The van der Waals surface area contributed by atoms with Crippen LogP contribution in [0.2, 0.25) is 0 Å². The molecule has 7 heteroatoms. The zero-order valence-corrected chi connectivity index (χ0v) is 26.7. The third kappa shape index (κ3) is 3.94. The number of fused-ring (bicyclic) bond motifs is 5. The lowest BCUT2D eigenvalue weighted by atomic mass is 9.34. The van der Waals surface area contributed by atoms with Crippen molar-refractivity contribution < 1.29 is 4.74 Å². The minimum Gasteiger partial charge on any atom is -0.458 e. The standard InChI is InChI=1S/C39H36BN5O/c1-39(2)30-13-8-9-14-33(30)44(26-42(39)4)29-17-19-34-31(24-29)40-32-23-28(43-22-21-41(3)25-43)18-20-36(32)46-37-16-10-15-35(38(37)40)45(34)27-11-6-5-7-12-27/h5-24H,25-26H2,1-4H3. The summed E-state index contributed by atoms with van der Waals surface area (Å²) in [5.74, 6) is 1.84. The summed E-state index contributed by atoms with van der Waals surface area (Å²) in [4.78, 5) is 11.8. The van der Waals surface area contributed by atoms with E-state index in [0.29, 0.717) is 0 Å². The third-order valence-corrected chi connectivity index (χ3v) is 10.4. The molecule has 0 aromatic heterocycles. The van der Waals surface area contributed by atoms with Gasteiger partial charge in [0.25, 0.3) is 6.71 Å². The summed E-state index contributed by atoms with van der Waals surface area (Å²) in [5.41, 5.74) is 12.1. The summed E-state index contributed by atoms with van der Waals surface area (Å²) < 4.78 is 6.70. The number of hydrogen-bond donors (Lipinski definition) is 0. The van der Waals surface area contributed by atoms with Crippen LogP contribution < -0.4 is 35.8 Å². The van der Waals surface area contributed by atoms with Gasteiger partial charge in [-0.1, -0.05) is 42.5 Å². The van der Waals surface area contributed by atoms with Gasteiger partial charge in [-0.05, 0) is 110 Å². The average Bonchev–Trinajstić information content (AvgIpc) is 3.52.